The van der Waals surface area contributed by atoms with Crippen molar-refractivity contribution >= 4 is 5.97 Å². The standard InChI is InChI=1S/C20H32O4/c1-2-3-4-5-6-7-8-9-10-11-12-13-14-15-16-17-18-20(23,24)19(21)22/h6-7,10-15,23-24H,2-5,8-9,16-18H2,1H3,(H,21,22)/b7-6-,11-10+,13-12+,15-14+. The number of aliphatic carboxylic acids is 1. The molecule has 0 aromatic heterocycles. The predicted octanol–water partition coefficient (Wildman–Crippen LogP) is 4.51. The molecule has 4 nitrogen and oxygen atoms in total. The highest BCUT2D eigenvalue weighted by atomic mass is 16.5. The Morgan fingerprint density at radius 1 is 0.792 bits per heavy atom. The third kappa shape index (κ3) is 14.0. The first kappa shape index (κ1) is 22.4. The zero-order valence-corrected chi connectivity index (χ0v) is 14.7. The molecule has 0 rings (SSSR count). The first-order valence-electron chi connectivity index (χ1n) is 8.82. The Hall–Kier alpha value is -1.65. The molecule has 4 heteroatoms. The molecule has 0 heterocycles. The maximum atomic E-state index is 10.5. The molecular formula is C20H32O4. The molecule has 0 saturated heterocycles. The van der Waals surface area contributed by atoms with Crippen LogP contribution in [-0.4, -0.2) is 27.1 Å². The lowest BCUT2D eigenvalue weighted by Crippen LogP contribution is -2.37. The fourth-order valence-electron chi connectivity index (χ4n) is 1.99. The van der Waals surface area contributed by atoms with E-state index in [4.69, 9.17) is 15.3 Å². The van der Waals surface area contributed by atoms with Crippen LogP contribution < -0.4 is 0 Å². The van der Waals surface area contributed by atoms with Gasteiger partial charge in [0, 0.05) is 6.42 Å². The first-order chi connectivity index (χ1) is 11.5. The van der Waals surface area contributed by atoms with Gasteiger partial charge in [0.15, 0.2) is 0 Å². The Labute approximate surface area is 145 Å². The molecule has 0 radical (unpaired) electrons. The van der Waals surface area contributed by atoms with Crippen molar-refractivity contribution in [2.75, 3.05) is 0 Å². The number of aliphatic hydroxyl groups is 2. The summed E-state index contributed by atoms with van der Waals surface area (Å²) in [5.74, 6) is -4.22. The molecule has 0 aliphatic carbocycles. The van der Waals surface area contributed by atoms with Crippen molar-refractivity contribution in [3.63, 3.8) is 0 Å². The smallest absolute Gasteiger partial charge is 0.364 e. The number of unbranched alkanes of at least 4 members (excludes halogenated alkanes) is 5. The predicted molar refractivity (Wildman–Crippen MR) is 98.6 cm³/mol. The van der Waals surface area contributed by atoms with E-state index in [1.54, 1.807) is 0 Å². The van der Waals surface area contributed by atoms with E-state index in [9.17, 15) is 4.79 Å². The molecule has 3 N–H and O–H groups in total. The van der Waals surface area contributed by atoms with Gasteiger partial charge in [-0.2, -0.15) is 0 Å². The molecule has 0 aliphatic heterocycles. The number of allylic oxidation sites excluding steroid dienone is 8. The van der Waals surface area contributed by atoms with Gasteiger partial charge >= 0.3 is 5.97 Å². The van der Waals surface area contributed by atoms with Gasteiger partial charge in [-0.1, -0.05) is 68.4 Å². The van der Waals surface area contributed by atoms with E-state index < -0.39 is 11.8 Å². The summed E-state index contributed by atoms with van der Waals surface area (Å²) < 4.78 is 0. The molecule has 0 aromatic rings. The zero-order chi connectivity index (χ0) is 18.1. The molecule has 0 aliphatic rings. The Morgan fingerprint density at radius 2 is 1.33 bits per heavy atom. The minimum atomic E-state index is -2.61. The monoisotopic (exact) mass is 336 g/mol. The maximum Gasteiger partial charge on any atom is 0.364 e. The van der Waals surface area contributed by atoms with Gasteiger partial charge < -0.3 is 15.3 Å². The summed E-state index contributed by atoms with van der Waals surface area (Å²) in [6.45, 7) is 2.21. The normalized spacial score (nSPS) is 13.1. The van der Waals surface area contributed by atoms with Gasteiger partial charge in [0.2, 0.25) is 0 Å². The number of hydrogen-bond donors (Lipinski definition) is 3. The Morgan fingerprint density at radius 3 is 1.96 bits per heavy atom. The summed E-state index contributed by atoms with van der Waals surface area (Å²) in [5, 5.41) is 26.7. The highest BCUT2D eigenvalue weighted by molar-refractivity contribution is 5.74. The summed E-state index contributed by atoms with van der Waals surface area (Å²) >= 11 is 0. The minimum Gasteiger partial charge on any atom is -0.477 e. The number of carboxylic acids is 1. The van der Waals surface area contributed by atoms with E-state index >= 15 is 0 Å². The van der Waals surface area contributed by atoms with Crippen molar-refractivity contribution in [1.82, 2.24) is 0 Å². The third-order valence-electron chi connectivity index (χ3n) is 3.49. The van der Waals surface area contributed by atoms with Gasteiger partial charge in [-0.3, -0.25) is 0 Å². The Kier molecular flexibility index (Phi) is 13.9. The highest BCUT2D eigenvalue weighted by Crippen LogP contribution is 2.11. The van der Waals surface area contributed by atoms with Crippen molar-refractivity contribution in [1.29, 1.82) is 0 Å². The first-order valence-corrected chi connectivity index (χ1v) is 8.82. The van der Waals surface area contributed by atoms with Crippen LogP contribution in [0.5, 0.6) is 0 Å². The Balaban J connectivity index is 3.62. The summed E-state index contributed by atoms with van der Waals surface area (Å²) in [6.07, 6.45) is 24.2. The molecule has 0 fully saturated rings. The maximum absolute atomic E-state index is 10.5. The lowest BCUT2D eigenvalue weighted by Gasteiger charge is -2.14. The number of carbonyl (C=O) groups is 1. The fourth-order valence-corrected chi connectivity index (χ4v) is 1.99. The van der Waals surface area contributed by atoms with Crippen LogP contribution in [0, 0.1) is 0 Å². The van der Waals surface area contributed by atoms with Gasteiger partial charge in [-0.15, -0.1) is 0 Å². The van der Waals surface area contributed by atoms with Gasteiger partial charge in [0.1, 0.15) is 0 Å². The van der Waals surface area contributed by atoms with E-state index in [2.05, 4.69) is 25.2 Å². The van der Waals surface area contributed by atoms with E-state index in [-0.39, 0.29) is 6.42 Å². The van der Waals surface area contributed by atoms with Crippen molar-refractivity contribution in [2.45, 2.75) is 70.5 Å². The van der Waals surface area contributed by atoms with Crippen LogP contribution in [-0.2, 0) is 4.79 Å². The fraction of sp³-hybridized carbons (Fsp3) is 0.550. The van der Waals surface area contributed by atoms with Crippen molar-refractivity contribution in [3.8, 4) is 0 Å². The van der Waals surface area contributed by atoms with Crippen LogP contribution in [0.25, 0.3) is 0 Å². The molecule has 0 spiro atoms. The molecule has 136 valence electrons. The lowest BCUT2D eigenvalue weighted by molar-refractivity contribution is -0.205. The van der Waals surface area contributed by atoms with E-state index in [0.29, 0.717) is 12.8 Å². The largest absolute Gasteiger partial charge is 0.477 e. The molecule has 0 saturated carbocycles. The van der Waals surface area contributed by atoms with E-state index in [0.717, 1.165) is 12.8 Å². The minimum absolute atomic E-state index is 0.178. The quantitative estimate of drug-likeness (QED) is 0.189. The topological polar surface area (TPSA) is 77.8 Å². The third-order valence-corrected chi connectivity index (χ3v) is 3.49. The van der Waals surface area contributed by atoms with Crippen LogP contribution in [0.3, 0.4) is 0 Å². The average molecular weight is 336 g/mol. The van der Waals surface area contributed by atoms with Crippen LogP contribution in [0.2, 0.25) is 0 Å². The molecule has 0 bridgehead atoms. The molecule has 0 aromatic carbocycles. The second-order valence-electron chi connectivity index (χ2n) is 5.80. The van der Waals surface area contributed by atoms with E-state index in [1.165, 1.54) is 25.7 Å². The average Bonchev–Trinajstić information content (AvgIpc) is 2.54. The van der Waals surface area contributed by atoms with Gasteiger partial charge in [0.05, 0.1) is 0 Å². The molecule has 24 heavy (non-hydrogen) atoms. The number of carboxylic acid groups (broad SMARTS) is 1. The van der Waals surface area contributed by atoms with Crippen molar-refractivity contribution < 1.29 is 20.1 Å². The van der Waals surface area contributed by atoms with Crippen LogP contribution in [0.4, 0.5) is 0 Å². The van der Waals surface area contributed by atoms with Gasteiger partial charge in [-0.25, -0.2) is 4.79 Å². The van der Waals surface area contributed by atoms with Crippen LogP contribution in [0.15, 0.2) is 48.6 Å². The number of rotatable bonds is 14. The summed E-state index contributed by atoms with van der Waals surface area (Å²) in [7, 11) is 0. The summed E-state index contributed by atoms with van der Waals surface area (Å²) in [5.41, 5.74) is 0. The Bertz CT molecular complexity index is 431. The van der Waals surface area contributed by atoms with Crippen LogP contribution in [0.1, 0.15) is 64.7 Å². The van der Waals surface area contributed by atoms with Gasteiger partial charge in [-0.05, 0) is 38.5 Å². The number of hydrogen-bond acceptors (Lipinski definition) is 3. The van der Waals surface area contributed by atoms with Crippen molar-refractivity contribution in [3.05, 3.63) is 48.6 Å². The molecular weight excluding hydrogens is 304 g/mol. The van der Waals surface area contributed by atoms with Gasteiger partial charge in [0.25, 0.3) is 5.79 Å². The molecule has 0 atom stereocenters. The molecule has 0 amide bonds. The van der Waals surface area contributed by atoms with E-state index in [1.807, 2.05) is 30.4 Å². The molecule has 0 unspecified atom stereocenters. The zero-order valence-electron chi connectivity index (χ0n) is 14.7. The highest BCUT2D eigenvalue weighted by Gasteiger charge is 2.31. The lowest BCUT2D eigenvalue weighted by atomic mass is 10.1. The van der Waals surface area contributed by atoms with Crippen molar-refractivity contribution in [2.24, 2.45) is 0 Å². The van der Waals surface area contributed by atoms with Crippen LogP contribution >= 0.6 is 0 Å². The second-order valence-corrected chi connectivity index (χ2v) is 5.80. The second kappa shape index (κ2) is 14.9. The SMILES string of the molecule is CCCCC/C=C\CC/C=C/C=C/C=C/CCCC(O)(O)C(=O)O. The summed E-state index contributed by atoms with van der Waals surface area (Å²) in [6, 6.07) is 0. The summed E-state index contributed by atoms with van der Waals surface area (Å²) in [4.78, 5) is 10.5.